The minimum atomic E-state index is 0. The van der Waals surface area contributed by atoms with Crippen LogP contribution in [0.5, 0.6) is 11.5 Å². The molecular formula is C22H38IN5O2. The largest absolute Gasteiger partial charge is 0.490 e. The summed E-state index contributed by atoms with van der Waals surface area (Å²) >= 11 is 0. The topological polar surface area (TPSA) is 61.4 Å². The van der Waals surface area contributed by atoms with Crippen molar-refractivity contribution in [2.24, 2.45) is 4.99 Å². The second-order valence-corrected chi connectivity index (χ2v) is 7.53. The van der Waals surface area contributed by atoms with Crippen LogP contribution in [0.4, 0.5) is 0 Å². The third-order valence-corrected chi connectivity index (χ3v) is 5.51. The molecular weight excluding hydrogens is 493 g/mol. The number of benzene rings is 1. The van der Waals surface area contributed by atoms with Crippen molar-refractivity contribution in [3.05, 3.63) is 23.8 Å². The second-order valence-electron chi connectivity index (χ2n) is 7.53. The van der Waals surface area contributed by atoms with E-state index in [4.69, 9.17) is 14.5 Å². The van der Waals surface area contributed by atoms with Crippen molar-refractivity contribution in [2.45, 2.75) is 33.2 Å². The molecule has 0 radical (unpaired) electrons. The summed E-state index contributed by atoms with van der Waals surface area (Å²) in [6, 6.07) is 6.75. The quantitative estimate of drug-likeness (QED) is 0.274. The third kappa shape index (κ3) is 7.16. The van der Waals surface area contributed by atoms with E-state index in [0.29, 0.717) is 19.3 Å². The summed E-state index contributed by atoms with van der Waals surface area (Å²) < 4.78 is 11.4. The standard InChI is InChI=1S/C22H37N5O2.HI/c1-4-23-22(25-16-19-17-26-11-13-27(19)14-12-26)24-10-9-18-7-8-20(28-5-2)21(15-18)29-6-3;/h7-8,15,19H,4-6,9-14,16-17H2,1-3H3,(H2,23,24,25);1H. The van der Waals surface area contributed by atoms with E-state index in [9.17, 15) is 0 Å². The number of guanidine groups is 1. The number of halogens is 1. The zero-order valence-electron chi connectivity index (χ0n) is 18.7. The number of nitrogens with one attached hydrogen (secondary N) is 2. The number of hydrogen-bond donors (Lipinski definition) is 2. The Balaban J connectivity index is 0.00000320. The molecule has 30 heavy (non-hydrogen) atoms. The van der Waals surface area contributed by atoms with Gasteiger partial charge in [-0.1, -0.05) is 6.07 Å². The molecule has 2 N–H and O–H groups in total. The van der Waals surface area contributed by atoms with Crippen LogP contribution in [0.2, 0.25) is 0 Å². The maximum absolute atomic E-state index is 5.74. The molecule has 3 aliphatic rings. The van der Waals surface area contributed by atoms with Crippen LogP contribution in [0.15, 0.2) is 23.2 Å². The van der Waals surface area contributed by atoms with Gasteiger partial charge >= 0.3 is 0 Å². The number of ether oxygens (including phenoxy) is 2. The summed E-state index contributed by atoms with van der Waals surface area (Å²) in [5.74, 6) is 2.54. The fourth-order valence-corrected chi connectivity index (χ4v) is 4.01. The van der Waals surface area contributed by atoms with Crippen molar-refractivity contribution in [3.63, 3.8) is 0 Å². The van der Waals surface area contributed by atoms with Crippen molar-refractivity contribution in [2.75, 3.05) is 65.6 Å². The fraction of sp³-hybridized carbons (Fsp3) is 0.682. The van der Waals surface area contributed by atoms with Gasteiger partial charge in [0.2, 0.25) is 0 Å². The van der Waals surface area contributed by atoms with Crippen LogP contribution in [0.3, 0.4) is 0 Å². The molecule has 170 valence electrons. The van der Waals surface area contributed by atoms with Gasteiger partial charge in [0, 0.05) is 51.9 Å². The lowest BCUT2D eigenvalue weighted by Crippen LogP contribution is -2.62. The van der Waals surface area contributed by atoms with E-state index >= 15 is 0 Å². The predicted octanol–water partition coefficient (Wildman–Crippen LogP) is 2.20. The molecule has 1 atom stereocenters. The van der Waals surface area contributed by atoms with Crippen LogP contribution in [-0.2, 0) is 6.42 Å². The molecule has 3 fully saturated rings. The predicted molar refractivity (Wildman–Crippen MR) is 134 cm³/mol. The molecule has 1 unspecified atom stereocenters. The summed E-state index contributed by atoms with van der Waals surface area (Å²) in [6.45, 7) is 15.8. The molecule has 0 saturated carbocycles. The Labute approximate surface area is 198 Å². The molecule has 1 aromatic rings. The number of piperazine rings is 3. The van der Waals surface area contributed by atoms with Crippen LogP contribution in [0.25, 0.3) is 0 Å². The number of aliphatic imine (C=N–C) groups is 1. The van der Waals surface area contributed by atoms with E-state index < -0.39 is 0 Å². The zero-order valence-corrected chi connectivity index (χ0v) is 21.0. The van der Waals surface area contributed by atoms with Gasteiger partial charge in [0.1, 0.15) is 0 Å². The molecule has 3 aliphatic heterocycles. The van der Waals surface area contributed by atoms with Gasteiger partial charge in [-0.2, -0.15) is 0 Å². The Kier molecular flexibility index (Phi) is 11.0. The number of fused-ring (bicyclic) bond motifs is 3. The molecule has 2 bridgehead atoms. The van der Waals surface area contributed by atoms with Gasteiger partial charge < -0.3 is 20.1 Å². The minimum absolute atomic E-state index is 0. The number of rotatable bonds is 10. The van der Waals surface area contributed by atoms with Crippen LogP contribution in [0, 0.1) is 0 Å². The highest BCUT2D eigenvalue weighted by Crippen LogP contribution is 2.28. The Morgan fingerprint density at radius 1 is 1.03 bits per heavy atom. The summed E-state index contributed by atoms with van der Waals surface area (Å²) in [5, 5.41) is 6.85. The first-order valence-corrected chi connectivity index (χ1v) is 11.1. The highest BCUT2D eigenvalue weighted by Gasteiger charge is 2.31. The molecule has 0 aliphatic carbocycles. The monoisotopic (exact) mass is 531 g/mol. The van der Waals surface area contributed by atoms with Gasteiger partial charge in [0.15, 0.2) is 17.5 Å². The highest BCUT2D eigenvalue weighted by molar-refractivity contribution is 14.0. The van der Waals surface area contributed by atoms with Crippen LogP contribution in [-0.4, -0.2) is 87.4 Å². The summed E-state index contributed by atoms with van der Waals surface area (Å²) in [4.78, 5) is 10.00. The van der Waals surface area contributed by atoms with Crippen molar-refractivity contribution in [3.8, 4) is 11.5 Å². The molecule has 3 heterocycles. The van der Waals surface area contributed by atoms with E-state index in [-0.39, 0.29) is 24.0 Å². The van der Waals surface area contributed by atoms with Crippen molar-refractivity contribution < 1.29 is 9.47 Å². The molecule has 1 aromatic carbocycles. The van der Waals surface area contributed by atoms with Crippen molar-refractivity contribution in [1.29, 1.82) is 0 Å². The first-order valence-electron chi connectivity index (χ1n) is 11.1. The highest BCUT2D eigenvalue weighted by atomic mass is 127. The van der Waals surface area contributed by atoms with E-state index in [1.807, 2.05) is 19.9 Å². The summed E-state index contributed by atoms with van der Waals surface area (Å²) in [7, 11) is 0. The van der Waals surface area contributed by atoms with Crippen LogP contribution >= 0.6 is 24.0 Å². The van der Waals surface area contributed by atoms with E-state index in [2.05, 4.69) is 39.5 Å². The molecule has 7 nitrogen and oxygen atoms in total. The lowest BCUT2D eigenvalue weighted by atomic mass is 10.1. The molecule has 0 spiro atoms. The molecule has 0 aromatic heterocycles. The van der Waals surface area contributed by atoms with Crippen molar-refractivity contribution >= 4 is 29.9 Å². The Hall–Kier alpha value is -1.26. The Bertz CT molecular complexity index is 665. The van der Waals surface area contributed by atoms with E-state index in [0.717, 1.165) is 50.1 Å². The normalized spacial score (nSPS) is 22.9. The van der Waals surface area contributed by atoms with Gasteiger partial charge in [-0.25, -0.2) is 0 Å². The van der Waals surface area contributed by atoms with Gasteiger partial charge in [-0.15, -0.1) is 24.0 Å². The fourth-order valence-electron chi connectivity index (χ4n) is 4.01. The van der Waals surface area contributed by atoms with E-state index in [1.165, 1.54) is 31.7 Å². The van der Waals surface area contributed by atoms with Gasteiger partial charge in [-0.3, -0.25) is 14.8 Å². The average molecular weight is 531 g/mol. The smallest absolute Gasteiger partial charge is 0.191 e. The van der Waals surface area contributed by atoms with Crippen LogP contribution < -0.4 is 20.1 Å². The maximum atomic E-state index is 5.74. The first kappa shape index (κ1) is 25.0. The zero-order chi connectivity index (χ0) is 20.5. The second kappa shape index (κ2) is 13.2. The van der Waals surface area contributed by atoms with Gasteiger partial charge in [0.05, 0.1) is 19.8 Å². The maximum Gasteiger partial charge on any atom is 0.191 e. The Morgan fingerprint density at radius 3 is 2.40 bits per heavy atom. The molecule has 8 heteroatoms. The lowest BCUT2D eigenvalue weighted by Gasteiger charge is -2.47. The third-order valence-electron chi connectivity index (χ3n) is 5.51. The molecule has 3 saturated heterocycles. The number of nitrogens with zero attached hydrogens (tertiary/aromatic N) is 3. The lowest BCUT2D eigenvalue weighted by molar-refractivity contribution is 0.0174. The first-order chi connectivity index (χ1) is 14.2. The SMILES string of the molecule is CCNC(=NCC1CN2CCN1CC2)NCCc1ccc(OCC)c(OCC)c1.I. The Morgan fingerprint density at radius 2 is 1.77 bits per heavy atom. The minimum Gasteiger partial charge on any atom is -0.490 e. The van der Waals surface area contributed by atoms with Crippen LogP contribution in [0.1, 0.15) is 26.3 Å². The summed E-state index contributed by atoms with van der Waals surface area (Å²) in [6.07, 6.45) is 0.903. The molecule has 4 rings (SSSR count). The van der Waals surface area contributed by atoms with Gasteiger partial charge in [-0.05, 0) is 44.9 Å². The number of hydrogen-bond acceptors (Lipinski definition) is 5. The average Bonchev–Trinajstić information content (AvgIpc) is 2.75. The van der Waals surface area contributed by atoms with E-state index in [1.54, 1.807) is 0 Å². The van der Waals surface area contributed by atoms with Gasteiger partial charge in [0.25, 0.3) is 0 Å². The summed E-state index contributed by atoms with van der Waals surface area (Å²) in [5.41, 5.74) is 1.23. The molecule has 0 amide bonds. The van der Waals surface area contributed by atoms with Crippen molar-refractivity contribution in [1.82, 2.24) is 20.4 Å².